The summed E-state index contributed by atoms with van der Waals surface area (Å²) in [6.45, 7) is 3.70. The van der Waals surface area contributed by atoms with E-state index in [1.54, 1.807) is 32.4 Å². The van der Waals surface area contributed by atoms with Crippen molar-refractivity contribution < 1.29 is 19.0 Å². The second kappa shape index (κ2) is 6.74. The molecule has 0 unspecified atom stereocenters. The molecule has 5 heteroatoms. The Balaban J connectivity index is 2.67. The van der Waals surface area contributed by atoms with Gasteiger partial charge in [-0.1, -0.05) is 0 Å². The van der Waals surface area contributed by atoms with Crippen LogP contribution in [-0.4, -0.2) is 32.8 Å². The van der Waals surface area contributed by atoms with Crippen molar-refractivity contribution in [1.82, 2.24) is 0 Å². The van der Waals surface area contributed by atoms with E-state index in [0.717, 1.165) is 0 Å². The fourth-order valence-electron chi connectivity index (χ4n) is 1.42. The summed E-state index contributed by atoms with van der Waals surface area (Å²) in [5, 5.41) is 2.96. The quantitative estimate of drug-likeness (QED) is 0.786. The topological polar surface area (TPSA) is 56.8 Å². The lowest BCUT2D eigenvalue weighted by molar-refractivity contribution is -0.145. The summed E-state index contributed by atoms with van der Waals surface area (Å²) in [6.07, 6.45) is -0.119. The molecule has 1 aromatic carbocycles. The SMILES string of the molecule is COc1ccc(OC)c(NCC(=O)OC(C)C)c1. The first-order valence-corrected chi connectivity index (χ1v) is 5.72. The van der Waals surface area contributed by atoms with Crippen molar-refractivity contribution in [3.8, 4) is 11.5 Å². The maximum absolute atomic E-state index is 11.4. The third kappa shape index (κ3) is 4.16. The Morgan fingerprint density at radius 1 is 1.28 bits per heavy atom. The number of carbonyl (C=O) groups excluding carboxylic acids is 1. The molecule has 18 heavy (non-hydrogen) atoms. The van der Waals surface area contributed by atoms with Crippen molar-refractivity contribution in [2.24, 2.45) is 0 Å². The predicted octanol–water partition coefficient (Wildman–Crippen LogP) is 2.07. The Morgan fingerprint density at radius 2 is 2.00 bits per heavy atom. The van der Waals surface area contributed by atoms with Crippen LogP contribution in [0.25, 0.3) is 0 Å². The van der Waals surface area contributed by atoms with Gasteiger partial charge in [0.1, 0.15) is 18.0 Å². The van der Waals surface area contributed by atoms with Crippen LogP contribution in [0.15, 0.2) is 18.2 Å². The molecule has 1 rings (SSSR count). The average molecular weight is 253 g/mol. The average Bonchev–Trinajstić information content (AvgIpc) is 2.35. The summed E-state index contributed by atoms with van der Waals surface area (Å²) < 4.78 is 15.3. The summed E-state index contributed by atoms with van der Waals surface area (Å²) in [4.78, 5) is 11.4. The molecule has 0 aromatic heterocycles. The molecular weight excluding hydrogens is 234 g/mol. The van der Waals surface area contributed by atoms with Crippen LogP contribution in [0.5, 0.6) is 11.5 Å². The first kappa shape index (κ1) is 14.2. The van der Waals surface area contributed by atoms with Crippen molar-refractivity contribution in [3.05, 3.63) is 18.2 Å². The van der Waals surface area contributed by atoms with Crippen LogP contribution < -0.4 is 14.8 Å². The van der Waals surface area contributed by atoms with Crippen LogP contribution in [0.2, 0.25) is 0 Å². The molecule has 5 nitrogen and oxygen atoms in total. The summed E-state index contributed by atoms with van der Waals surface area (Å²) in [5.41, 5.74) is 0.692. The second-order valence-electron chi connectivity index (χ2n) is 3.96. The zero-order valence-corrected chi connectivity index (χ0v) is 11.1. The molecule has 0 radical (unpaired) electrons. The molecule has 1 aromatic rings. The summed E-state index contributed by atoms with van der Waals surface area (Å²) >= 11 is 0. The molecule has 0 saturated carbocycles. The lowest BCUT2D eigenvalue weighted by atomic mass is 10.2. The number of hydrogen-bond acceptors (Lipinski definition) is 5. The minimum absolute atomic E-state index is 0.0850. The largest absolute Gasteiger partial charge is 0.497 e. The van der Waals surface area contributed by atoms with Crippen LogP contribution in [0.4, 0.5) is 5.69 Å². The fraction of sp³-hybridized carbons (Fsp3) is 0.462. The summed E-state index contributed by atoms with van der Waals surface area (Å²) in [7, 11) is 3.15. The second-order valence-corrected chi connectivity index (χ2v) is 3.96. The van der Waals surface area contributed by atoms with E-state index in [-0.39, 0.29) is 18.6 Å². The third-order valence-electron chi connectivity index (χ3n) is 2.20. The van der Waals surface area contributed by atoms with Crippen LogP contribution in [0.1, 0.15) is 13.8 Å². The summed E-state index contributed by atoms with van der Waals surface area (Å²) in [5.74, 6) is 1.03. The number of ether oxygens (including phenoxy) is 3. The minimum atomic E-state index is -0.310. The number of methoxy groups -OCH3 is 2. The van der Waals surface area contributed by atoms with Gasteiger partial charge in [0, 0.05) is 6.07 Å². The van der Waals surface area contributed by atoms with Crippen molar-refractivity contribution in [2.75, 3.05) is 26.1 Å². The van der Waals surface area contributed by atoms with Crippen molar-refractivity contribution in [2.45, 2.75) is 20.0 Å². The smallest absolute Gasteiger partial charge is 0.325 e. The predicted molar refractivity (Wildman–Crippen MR) is 69.3 cm³/mol. The van der Waals surface area contributed by atoms with E-state index in [4.69, 9.17) is 14.2 Å². The van der Waals surface area contributed by atoms with Gasteiger partial charge in [-0.2, -0.15) is 0 Å². The molecule has 100 valence electrons. The molecule has 0 aliphatic rings. The molecule has 0 spiro atoms. The monoisotopic (exact) mass is 253 g/mol. The first-order valence-electron chi connectivity index (χ1n) is 5.72. The van der Waals surface area contributed by atoms with E-state index in [1.165, 1.54) is 0 Å². The van der Waals surface area contributed by atoms with Crippen molar-refractivity contribution in [1.29, 1.82) is 0 Å². The minimum Gasteiger partial charge on any atom is -0.497 e. The Bertz CT molecular complexity index is 404. The van der Waals surface area contributed by atoms with Gasteiger partial charge < -0.3 is 19.5 Å². The van der Waals surface area contributed by atoms with Gasteiger partial charge in [-0.25, -0.2) is 0 Å². The van der Waals surface area contributed by atoms with Crippen LogP contribution >= 0.6 is 0 Å². The van der Waals surface area contributed by atoms with Gasteiger partial charge in [0.05, 0.1) is 26.0 Å². The van der Waals surface area contributed by atoms with Crippen molar-refractivity contribution in [3.63, 3.8) is 0 Å². The molecule has 0 atom stereocenters. The van der Waals surface area contributed by atoms with Gasteiger partial charge in [-0.15, -0.1) is 0 Å². The highest BCUT2D eigenvalue weighted by atomic mass is 16.5. The number of rotatable bonds is 6. The van der Waals surface area contributed by atoms with Gasteiger partial charge in [0.15, 0.2) is 0 Å². The van der Waals surface area contributed by atoms with E-state index in [0.29, 0.717) is 17.2 Å². The number of esters is 1. The molecule has 0 aliphatic carbocycles. The van der Waals surface area contributed by atoms with Crippen LogP contribution in [0, 0.1) is 0 Å². The molecule has 0 fully saturated rings. The van der Waals surface area contributed by atoms with Gasteiger partial charge in [-0.05, 0) is 26.0 Å². The third-order valence-corrected chi connectivity index (χ3v) is 2.20. The van der Waals surface area contributed by atoms with E-state index in [2.05, 4.69) is 5.32 Å². The molecule has 0 aliphatic heterocycles. The van der Waals surface area contributed by atoms with Gasteiger partial charge >= 0.3 is 5.97 Å². The lowest BCUT2D eigenvalue weighted by Crippen LogP contribution is -2.20. The first-order chi connectivity index (χ1) is 8.56. The lowest BCUT2D eigenvalue weighted by Gasteiger charge is -2.13. The molecular formula is C13H19NO4. The van der Waals surface area contributed by atoms with Gasteiger partial charge in [0.25, 0.3) is 0 Å². The normalized spacial score (nSPS) is 10.1. The highest BCUT2D eigenvalue weighted by Crippen LogP contribution is 2.28. The van der Waals surface area contributed by atoms with E-state index in [9.17, 15) is 4.79 Å². The molecule has 1 N–H and O–H groups in total. The van der Waals surface area contributed by atoms with E-state index >= 15 is 0 Å². The Kier molecular flexibility index (Phi) is 5.30. The van der Waals surface area contributed by atoms with Crippen LogP contribution in [-0.2, 0) is 9.53 Å². The number of anilines is 1. The Hall–Kier alpha value is -1.91. The Labute approximate surface area is 107 Å². The number of benzene rings is 1. The molecule has 0 amide bonds. The maximum atomic E-state index is 11.4. The zero-order chi connectivity index (χ0) is 13.5. The van der Waals surface area contributed by atoms with Gasteiger partial charge in [0.2, 0.25) is 0 Å². The molecule has 0 bridgehead atoms. The highest BCUT2D eigenvalue weighted by Gasteiger charge is 2.09. The standard InChI is InChI=1S/C13H19NO4/c1-9(2)18-13(15)8-14-11-7-10(16-3)5-6-12(11)17-4/h5-7,9,14H,8H2,1-4H3. The summed E-state index contributed by atoms with van der Waals surface area (Å²) in [6, 6.07) is 5.33. The number of nitrogens with one attached hydrogen (secondary N) is 1. The molecule has 0 saturated heterocycles. The maximum Gasteiger partial charge on any atom is 0.325 e. The Morgan fingerprint density at radius 3 is 2.56 bits per heavy atom. The van der Waals surface area contributed by atoms with Gasteiger partial charge in [-0.3, -0.25) is 4.79 Å². The van der Waals surface area contributed by atoms with Crippen molar-refractivity contribution >= 4 is 11.7 Å². The van der Waals surface area contributed by atoms with E-state index < -0.39 is 0 Å². The number of carbonyl (C=O) groups is 1. The van der Waals surface area contributed by atoms with E-state index in [1.807, 2.05) is 13.8 Å². The molecule has 0 heterocycles. The van der Waals surface area contributed by atoms with Crippen LogP contribution in [0.3, 0.4) is 0 Å². The number of hydrogen-bond donors (Lipinski definition) is 1. The zero-order valence-electron chi connectivity index (χ0n) is 11.1. The highest BCUT2D eigenvalue weighted by molar-refractivity contribution is 5.76. The fourth-order valence-corrected chi connectivity index (χ4v) is 1.42.